The molecule has 1 aromatic heterocycles. The van der Waals surface area contributed by atoms with Crippen molar-refractivity contribution in [1.82, 2.24) is 15.5 Å². The van der Waals surface area contributed by atoms with Crippen molar-refractivity contribution in [3.63, 3.8) is 0 Å². The van der Waals surface area contributed by atoms with E-state index in [2.05, 4.69) is 29.3 Å². The molecule has 0 fully saturated rings. The zero-order chi connectivity index (χ0) is 13.1. The second-order valence-corrected chi connectivity index (χ2v) is 4.76. The van der Waals surface area contributed by atoms with Gasteiger partial charge < -0.3 is 14.6 Å². The van der Waals surface area contributed by atoms with E-state index in [9.17, 15) is 0 Å². The Hall–Kier alpha value is -0.940. The van der Waals surface area contributed by atoms with Crippen molar-refractivity contribution in [2.24, 2.45) is 0 Å². The number of ether oxygens (including phenoxy) is 1. The molecule has 2 atom stereocenters. The van der Waals surface area contributed by atoms with E-state index in [1.54, 1.807) is 7.11 Å². The minimum atomic E-state index is -0.511. The largest absolute Gasteiger partial charge is 0.371 e. The van der Waals surface area contributed by atoms with Gasteiger partial charge in [0.1, 0.15) is 5.60 Å². The van der Waals surface area contributed by atoms with Crippen LogP contribution in [0.2, 0.25) is 0 Å². The van der Waals surface area contributed by atoms with Crippen molar-refractivity contribution >= 4 is 0 Å². The molecule has 1 N–H and O–H groups in total. The summed E-state index contributed by atoms with van der Waals surface area (Å²) in [6.07, 6.45) is 0.955. The summed E-state index contributed by atoms with van der Waals surface area (Å²) >= 11 is 0. The highest BCUT2D eigenvalue weighted by Crippen LogP contribution is 2.26. The van der Waals surface area contributed by atoms with Gasteiger partial charge in [-0.05, 0) is 34.2 Å². The number of hydrogen-bond acceptors (Lipinski definition) is 5. The van der Waals surface area contributed by atoms with Gasteiger partial charge in [-0.2, -0.15) is 4.98 Å². The van der Waals surface area contributed by atoms with Gasteiger partial charge in [-0.15, -0.1) is 0 Å². The molecule has 1 heterocycles. The first-order chi connectivity index (χ1) is 7.96. The average molecular weight is 241 g/mol. The molecule has 0 aliphatic carbocycles. The first-order valence-corrected chi connectivity index (χ1v) is 6.02. The van der Waals surface area contributed by atoms with Gasteiger partial charge in [-0.25, -0.2) is 0 Å². The monoisotopic (exact) mass is 241 g/mol. The van der Waals surface area contributed by atoms with E-state index >= 15 is 0 Å². The SMILES string of the molecule is CCC(c1nc(C(C)(C)OC)no1)C(C)NC. The van der Waals surface area contributed by atoms with Gasteiger partial charge >= 0.3 is 0 Å². The van der Waals surface area contributed by atoms with Gasteiger partial charge in [0.2, 0.25) is 11.7 Å². The van der Waals surface area contributed by atoms with Gasteiger partial charge in [-0.1, -0.05) is 12.1 Å². The third kappa shape index (κ3) is 3.04. The molecule has 1 rings (SSSR count). The summed E-state index contributed by atoms with van der Waals surface area (Å²) in [7, 11) is 3.58. The molecule has 0 saturated carbocycles. The lowest BCUT2D eigenvalue weighted by Crippen LogP contribution is -2.29. The van der Waals surface area contributed by atoms with E-state index in [0.29, 0.717) is 17.8 Å². The smallest absolute Gasteiger partial charge is 0.231 e. The van der Waals surface area contributed by atoms with E-state index in [1.807, 2.05) is 20.9 Å². The van der Waals surface area contributed by atoms with E-state index in [0.717, 1.165) is 6.42 Å². The number of hydrogen-bond donors (Lipinski definition) is 1. The van der Waals surface area contributed by atoms with Gasteiger partial charge in [0.25, 0.3) is 0 Å². The predicted molar refractivity (Wildman–Crippen MR) is 65.9 cm³/mol. The predicted octanol–water partition coefficient (Wildman–Crippen LogP) is 2.05. The molecule has 0 spiro atoms. The molecule has 1 aromatic rings. The molecular weight excluding hydrogens is 218 g/mol. The van der Waals surface area contributed by atoms with Crippen LogP contribution in [0.25, 0.3) is 0 Å². The summed E-state index contributed by atoms with van der Waals surface area (Å²) in [4.78, 5) is 4.45. The molecule has 0 bridgehead atoms. The Morgan fingerprint density at radius 1 is 1.47 bits per heavy atom. The van der Waals surface area contributed by atoms with E-state index in [1.165, 1.54) is 0 Å². The van der Waals surface area contributed by atoms with Crippen molar-refractivity contribution in [1.29, 1.82) is 0 Å². The number of likely N-dealkylation sites (N-methyl/N-ethyl adjacent to an activating group) is 1. The second kappa shape index (κ2) is 5.60. The molecule has 5 nitrogen and oxygen atoms in total. The summed E-state index contributed by atoms with van der Waals surface area (Å²) in [6, 6.07) is 0.305. The van der Waals surface area contributed by atoms with E-state index < -0.39 is 5.60 Å². The third-order valence-electron chi connectivity index (χ3n) is 3.31. The van der Waals surface area contributed by atoms with Crippen LogP contribution in [0.15, 0.2) is 4.52 Å². The second-order valence-electron chi connectivity index (χ2n) is 4.76. The topological polar surface area (TPSA) is 60.2 Å². The Labute approximate surface area is 103 Å². The Bertz CT molecular complexity index is 349. The number of rotatable bonds is 6. The summed E-state index contributed by atoms with van der Waals surface area (Å²) in [5, 5.41) is 7.22. The maximum absolute atomic E-state index is 5.35. The lowest BCUT2D eigenvalue weighted by molar-refractivity contribution is 0.00973. The minimum absolute atomic E-state index is 0.230. The maximum Gasteiger partial charge on any atom is 0.231 e. The zero-order valence-corrected chi connectivity index (χ0v) is 11.6. The van der Waals surface area contributed by atoms with Crippen molar-refractivity contribution in [2.45, 2.75) is 51.7 Å². The average Bonchev–Trinajstić information content (AvgIpc) is 2.79. The van der Waals surface area contributed by atoms with Crippen LogP contribution >= 0.6 is 0 Å². The number of nitrogens with one attached hydrogen (secondary N) is 1. The van der Waals surface area contributed by atoms with Gasteiger partial charge in [0.05, 0.1) is 5.92 Å². The summed E-state index contributed by atoms with van der Waals surface area (Å²) < 4.78 is 10.7. The Kier molecular flexibility index (Phi) is 4.65. The van der Waals surface area contributed by atoms with Crippen LogP contribution in [-0.4, -0.2) is 30.3 Å². The third-order valence-corrected chi connectivity index (χ3v) is 3.31. The summed E-state index contributed by atoms with van der Waals surface area (Å²) in [5.74, 6) is 1.50. The molecule has 98 valence electrons. The van der Waals surface area contributed by atoms with Gasteiger partial charge in [-0.3, -0.25) is 0 Å². The highest BCUT2D eigenvalue weighted by atomic mass is 16.5. The van der Waals surface area contributed by atoms with Crippen LogP contribution in [0.5, 0.6) is 0 Å². The van der Waals surface area contributed by atoms with Crippen molar-refractivity contribution in [2.75, 3.05) is 14.2 Å². The highest BCUT2D eigenvalue weighted by molar-refractivity contribution is 5.02. The molecule has 0 aliphatic rings. The van der Waals surface area contributed by atoms with Crippen LogP contribution in [0.3, 0.4) is 0 Å². The van der Waals surface area contributed by atoms with Crippen molar-refractivity contribution in [3.05, 3.63) is 11.7 Å². The van der Waals surface area contributed by atoms with Crippen LogP contribution in [0.4, 0.5) is 0 Å². The molecule has 5 heteroatoms. The molecule has 0 aliphatic heterocycles. The fourth-order valence-electron chi connectivity index (χ4n) is 1.66. The lowest BCUT2D eigenvalue weighted by atomic mass is 9.98. The molecule has 17 heavy (non-hydrogen) atoms. The molecule has 0 amide bonds. The van der Waals surface area contributed by atoms with Crippen molar-refractivity contribution < 1.29 is 9.26 Å². The van der Waals surface area contributed by atoms with Crippen LogP contribution in [0, 0.1) is 0 Å². The van der Waals surface area contributed by atoms with Crippen LogP contribution in [0.1, 0.15) is 51.7 Å². The fourth-order valence-corrected chi connectivity index (χ4v) is 1.66. The van der Waals surface area contributed by atoms with E-state index in [4.69, 9.17) is 9.26 Å². The van der Waals surface area contributed by atoms with Gasteiger partial charge in [0, 0.05) is 13.2 Å². The van der Waals surface area contributed by atoms with Crippen LogP contribution in [-0.2, 0) is 10.3 Å². The molecule has 0 aromatic carbocycles. The molecule has 2 unspecified atom stereocenters. The molecule has 0 radical (unpaired) electrons. The first kappa shape index (κ1) is 14.1. The quantitative estimate of drug-likeness (QED) is 0.826. The number of methoxy groups -OCH3 is 1. The van der Waals surface area contributed by atoms with Crippen LogP contribution < -0.4 is 5.32 Å². The van der Waals surface area contributed by atoms with Gasteiger partial charge in [0.15, 0.2) is 0 Å². The number of aromatic nitrogens is 2. The Morgan fingerprint density at radius 2 is 2.12 bits per heavy atom. The highest BCUT2D eigenvalue weighted by Gasteiger charge is 2.29. The van der Waals surface area contributed by atoms with E-state index in [-0.39, 0.29) is 5.92 Å². The summed E-state index contributed by atoms with van der Waals surface area (Å²) in [6.45, 7) is 8.07. The standard InChI is InChI=1S/C12H23N3O2/c1-7-9(8(2)13-5)10-14-11(15-17-10)12(3,4)16-6/h8-9,13H,7H2,1-6H3. The fraction of sp³-hybridized carbons (Fsp3) is 0.833. The summed E-state index contributed by atoms with van der Waals surface area (Å²) in [5.41, 5.74) is -0.511. The maximum atomic E-state index is 5.35. The minimum Gasteiger partial charge on any atom is -0.371 e. The molecular formula is C12H23N3O2. The first-order valence-electron chi connectivity index (χ1n) is 6.02. The lowest BCUT2D eigenvalue weighted by Gasteiger charge is -2.19. The Balaban J connectivity index is 2.93. The normalized spacial score (nSPS) is 15.9. The zero-order valence-electron chi connectivity index (χ0n) is 11.6. The Morgan fingerprint density at radius 3 is 2.59 bits per heavy atom. The molecule has 0 saturated heterocycles. The number of nitrogens with zero attached hydrogens (tertiary/aromatic N) is 2. The van der Waals surface area contributed by atoms with Crippen molar-refractivity contribution in [3.8, 4) is 0 Å².